The van der Waals surface area contributed by atoms with E-state index < -0.39 is 0 Å². The van der Waals surface area contributed by atoms with Crippen LogP contribution in [0.25, 0.3) is 10.9 Å². The zero-order valence-corrected chi connectivity index (χ0v) is 9.78. The molecule has 2 aromatic rings. The topological polar surface area (TPSA) is 36.1 Å². The van der Waals surface area contributed by atoms with Crippen molar-refractivity contribution in [1.82, 2.24) is 4.98 Å². The van der Waals surface area contributed by atoms with Gasteiger partial charge in [-0.3, -0.25) is 4.79 Å². The van der Waals surface area contributed by atoms with Crippen LogP contribution in [0, 0.1) is 0 Å². The minimum absolute atomic E-state index is 0.0950. The second kappa shape index (κ2) is 4.24. The fourth-order valence-electron chi connectivity index (χ4n) is 2.51. The van der Waals surface area contributed by atoms with Crippen LogP contribution in [0.1, 0.15) is 19.3 Å². The standard InChI is InChI=1S/C14H16N2O/c17-14-6-7-15-13-5-4-11(10-12(13)14)16-8-2-1-3-9-16/h4-7,10H,1-3,8-9H2,(H,15,17). The van der Waals surface area contributed by atoms with Crippen molar-refractivity contribution in [3.05, 3.63) is 40.7 Å². The molecule has 3 heteroatoms. The van der Waals surface area contributed by atoms with Crippen LogP contribution in [-0.2, 0) is 0 Å². The van der Waals surface area contributed by atoms with Crippen LogP contribution in [0.4, 0.5) is 5.69 Å². The molecular formula is C14H16N2O. The lowest BCUT2D eigenvalue weighted by Crippen LogP contribution is -2.29. The van der Waals surface area contributed by atoms with Gasteiger partial charge in [-0.2, -0.15) is 0 Å². The number of fused-ring (bicyclic) bond motifs is 1. The van der Waals surface area contributed by atoms with Gasteiger partial charge in [0.25, 0.3) is 0 Å². The van der Waals surface area contributed by atoms with Gasteiger partial charge in [-0.05, 0) is 37.5 Å². The van der Waals surface area contributed by atoms with E-state index in [0.717, 1.165) is 24.0 Å². The quantitative estimate of drug-likeness (QED) is 0.814. The van der Waals surface area contributed by atoms with E-state index in [1.807, 2.05) is 12.1 Å². The van der Waals surface area contributed by atoms with Crippen LogP contribution in [0.5, 0.6) is 0 Å². The normalized spacial score (nSPS) is 16.4. The molecule has 88 valence electrons. The molecule has 1 aliphatic rings. The molecule has 2 heterocycles. The molecule has 0 spiro atoms. The summed E-state index contributed by atoms with van der Waals surface area (Å²) >= 11 is 0. The number of nitrogens with zero attached hydrogens (tertiary/aromatic N) is 1. The Labute approximate surface area is 100 Å². The highest BCUT2D eigenvalue weighted by atomic mass is 16.1. The lowest BCUT2D eigenvalue weighted by atomic mass is 10.1. The monoisotopic (exact) mass is 228 g/mol. The van der Waals surface area contributed by atoms with Gasteiger partial charge >= 0.3 is 0 Å². The van der Waals surface area contributed by atoms with Gasteiger partial charge in [0.05, 0.1) is 0 Å². The Balaban J connectivity index is 2.06. The highest BCUT2D eigenvalue weighted by molar-refractivity contribution is 5.82. The van der Waals surface area contributed by atoms with E-state index in [9.17, 15) is 4.79 Å². The summed E-state index contributed by atoms with van der Waals surface area (Å²) in [7, 11) is 0. The third-order valence-corrected chi connectivity index (χ3v) is 3.46. The van der Waals surface area contributed by atoms with Crippen LogP contribution in [0.2, 0.25) is 0 Å². The second-order valence-electron chi connectivity index (χ2n) is 4.62. The lowest BCUT2D eigenvalue weighted by Gasteiger charge is -2.28. The van der Waals surface area contributed by atoms with Gasteiger partial charge in [-0.25, -0.2) is 0 Å². The first-order chi connectivity index (χ1) is 8.34. The molecule has 0 saturated carbocycles. The number of rotatable bonds is 1. The molecule has 0 unspecified atom stereocenters. The van der Waals surface area contributed by atoms with E-state index in [1.54, 1.807) is 12.3 Å². The summed E-state index contributed by atoms with van der Waals surface area (Å²) in [6.45, 7) is 2.21. The van der Waals surface area contributed by atoms with E-state index in [-0.39, 0.29) is 5.43 Å². The fourth-order valence-corrected chi connectivity index (χ4v) is 2.51. The molecule has 1 aromatic heterocycles. The molecule has 1 saturated heterocycles. The van der Waals surface area contributed by atoms with Gasteiger partial charge in [0.1, 0.15) is 0 Å². The molecule has 0 aliphatic carbocycles. The predicted molar refractivity (Wildman–Crippen MR) is 70.6 cm³/mol. The largest absolute Gasteiger partial charge is 0.372 e. The maximum absolute atomic E-state index is 11.8. The molecule has 1 aliphatic heterocycles. The molecular weight excluding hydrogens is 212 g/mol. The Kier molecular flexibility index (Phi) is 2.59. The van der Waals surface area contributed by atoms with E-state index in [4.69, 9.17) is 0 Å². The first-order valence-electron chi connectivity index (χ1n) is 6.21. The Hall–Kier alpha value is -1.77. The molecule has 0 radical (unpaired) electrons. The minimum Gasteiger partial charge on any atom is -0.372 e. The number of piperidine rings is 1. The molecule has 0 bridgehead atoms. The number of nitrogens with one attached hydrogen (secondary N) is 1. The van der Waals surface area contributed by atoms with Crippen molar-refractivity contribution < 1.29 is 0 Å². The Morgan fingerprint density at radius 2 is 1.88 bits per heavy atom. The molecule has 1 fully saturated rings. The van der Waals surface area contributed by atoms with Crippen LogP contribution < -0.4 is 10.3 Å². The van der Waals surface area contributed by atoms with Crippen molar-refractivity contribution in [2.75, 3.05) is 18.0 Å². The van der Waals surface area contributed by atoms with Crippen LogP contribution in [0.15, 0.2) is 35.3 Å². The molecule has 17 heavy (non-hydrogen) atoms. The van der Waals surface area contributed by atoms with Crippen molar-refractivity contribution in [3.8, 4) is 0 Å². The molecule has 0 atom stereocenters. The van der Waals surface area contributed by atoms with Crippen molar-refractivity contribution in [2.45, 2.75) is 19.3 Å². The van der Waals surface area contributed by atoms with Gasteiger partial charge in [0, 0.05) is 41.9 Å². The van der Waals surface area contributed by atoms with Crippen molar-refractivity contribution in [2.24, 2.45) is 0 Å². The summed E-state index contributed by atoms with van der Waals surface area (Å²) in [6.07, 6.45) is 5.53. The van der Waals surface area contributed by atoms with Crippen molar-refractivity contribution in [3.63, 3.8) is 0 Å². The molecule has 3 rings (SSSR count). The van der Waals surface area contributed by atoms with Gasteiger partial charge < -0.3 is 9.88 Å². The lowest BCUT2D eigenvalue weighted by molar-refractivity contribution is 0.578. The summed E-state index contributed by atoms with van der Waals surface area (Å²) in [5.41, 5.74) is 2.18. The Bertz CT molecular complexity index is 582. The highest BCUT2D eigenvalue weighted by Gasteiger charge is 2.11. The number of hydrogen-bond acceptors (Lipinski definition) is 2. The number of benzene rings is 1. The third kappa shape index (κ3) is 1.93. The number of anilines is 1. The Morgan fingerprint density at radius 1 is 1.06 bits per heavy atom. The summed E-state index contributed by atoms with van der Waals surface area (Å²) < 4.78 is 0. The number of hydrogen-bond donors (Lipinski definition) is 1. The zero-order valence-electron chi connectivity index (χ0n) is 9.78. The van der Waals surface area contributed by atoms with Crippen LogP contribution >= 0.6 is 0 Å². The predicted octanol–water partition coefficient (Wildman–Crippen LogP) is 2.52. The smallest absolute Gasteiger partial charge is 0.189 e. The molecule has 1 aromatic carbocycles. The average molecular weight is 228 g/mol. The number of pyridine rings is 1. The van der Waals surface area contributed by atoms with Gasteiger partial charge in [-0.1, -0.05) is 0 Å². The summed E-state index contributed by atoms with van der Waals surface area (Å²) in [5, 5.41) is 0.788. The van der Waals surface area contributed by atoms with E-state index in [1.165, 1.54) is 24.9 Å². The summed E-state index contributed by atoms with van der Waals surface area (Å²) in [6, 6.07) is 7.70. The summed E-state index contributed by atoms with van der Waals surface area (Å²) in [4.78, 5) is 17.2. The van der Waals surface area contributed by atoms with Gasteiger partial charge in [-0.15, -0.1) is 0 Å². The first-order valence-corrected chi connectivity index (χ1v) is 6.21. The van der Waals surface area contributed by atoms with Gasteiger partial charge in [0.15, 0.2) is 5.43 Å². The van der Waals surface area contributed by atoms with E-state index in [0.29, 0.717) is 0 Å². The molecule has 1 N–H and O–H groups in total. The van der Waals surface area contributed by atoms with E-state index >= 15 is 0 Å². The van der Waals surface area contributed by atoms with Crippen molar-refractivity contribution >= 4 is 16.6 Å². The average Bonchev–Trinajstić information content (AvgIpc) is 2.40. The minimum atomic E-state index is 0.0950. The summed E-state index contributed by atoms with van der Waals surface area (Å²) in [5.74, 6) is 0. The fraction of sp³-hybridized carbons (Fsp3) is 0.357. The highest BCUT2D eigenvalue weighted by Crippen LogP contribution is 2.22. The molecule has 3 nitrogen and oxygen atoms in total. The van der Waals surface area contributed by atoms with E-state index in [2.05, 4.69) is 16.0 Å². The molecule has 0 amide bonds. The maximum Gasteiger partial charge on any atom is 0.189 e. The Morgan fingerprint density at radius 3 is 2.71 bits per heavy atom. The van der Waals surface area contributed by atoms with Gasteiger partial charge in [0.2, 0.25) is 0 Å². The number of aromatic nitrogens is 1. The number of aromatic amines is 1. The maximum atomic E-state index is 11.8. The zero-order chi connectivity index (χ0) is 11.7. The third-order valence-electron chi connectivity index (χ3n) is 3.46. The first kappa shape index (κ1) is 10.4. The van der Waals surface area contributed by atoms with Crippen molar-refractivity contribution in [1.29, 1.82) is 0 Å². The van der Waals surface area contributed by atoms with Crippen LogP contribution in [-0.4, -0.2) is 18.1 Å². The second-order valence-corrected chi connectivity index (χ2v) is 4.62. The number of H-pyrrole nitrogens is 1. The van der Waals surface area contributed by atoms with Crippen LogP contribution in [0.3, 0.4) is 0 Å². The SMILES string of the molecule is O=c1cc[nH]c2ccc(N3CCCCC3)cc12.